The van der Waals surface area contributed by atoms with Crippen LogP contribution in [0.4, 0.5) is 11.6 Å². The van der Waals surface area contributed by atoms with Gasteiger partial charge >= 0.3 is 0 Å². The molecule has 1 fully saturated rings. The minimum absolute atomic E-state index is 0.128. The SMILES string of the molecule is NC(=O)c1sc2nc(N3CCC(C(N)=O)CC3)nc(-c3ccoc3)c2c1N. The molecule has 1 aliphatic rings. The second kappa shape index (κ2) is 6.54. The number of amides is 2. The van der Waals surface area contributed by atoms with Crippen molar-refractivity contribution in [2.24, 2.45) is 17.4 Å². The Kier molecular flexibility index (Phi) is 4.19. The molecule has 27 heavy (non-hydrogen) atoms. The topological polar surface area (TPSA) is 154 Å². The number of rotatable bonds is 4. The van der Waals surface area contributed by atoms with Crippen LogP contribution >= 0.6 is 11.3 Å². The van der Waals surface area contributed by atoms with Gasteiger partial charge in [0.05, 0.1) is 29.3 Å². The Morgan fingerprint density at radius 1 is 1.22 bits per heavy atom. The summed E-state index contributed by atoms with van der Waals surface area (Å²) in [7, 11) is 0. The average molecular weight is 386 g/mol. The molecular formula is C17H18N6O3S. The van der Waals surface area contributed by atoms with Crippen molar-refractivity contribution in [3.05, 3.63) is 23.5 Å². The van der Waals surface area contributed by atoms with Gasteiger partial charge in [0.25, 0.3) is 5.91 Å². The number of primary amides is 2. The number of hydrogen-bond donors (Lipinski definition) is 3. The molecule has 3 aromatic heterocycles. The van der Waals surface area contributed by atoms with Crippen molar-refractivity contribution in [2.45, 2.75) is 12.8 Å². The Bertz CT molecular complexity index is 1020. The van der Waals surface area contributed by atoms with E-state index < -0.39 is 5.91 Å². The Labute approximate surface area is 158 Å². The van der Waals surface area contributed by atoms with Crippen LogP contribution in [0.25, 0.3) is 21.5 Å². The van der Waals surface area contributed by atoms with E-state index >= 15 is 0 Å². The van der Waals surface area contributed by atoms with E-state index in [9.17, 15) is 9.59 Å². The minimum atomic E-state index is -0.600. The number of nitrogens with zero attached hydrogens (tertiary/aromatic N) is 3. The van der Waals surface area contributed by atoms with E-state index in [4.69, 9.17) is 21.6 Å². The van der Waals surface area contributed by atoms with Crippen LogP contribution in [0.5, 0.6) is 0 Å². The van der Waals surface area contributed by atoms with E-state index in [1.807, 2.05) is 4.90 Å². The Morgan fingerprint density at radius 3 is 2.56 bits per heavy atom. The van der Waals surface area contributed by atoms with E-state index in [1.54, 1.807) is 18.6 Å². The summed E-state index contributed by atoms with van der Waals surface area (Å²) in [6.07, 6.45) is 4.40. The van der Waals surface area contributed by atoms with Crippen LogP contribution < -0.4 is 22.1 Å². The van der Waals surface area contributed by atoms with Crippen LogP contribution in [0.1, 0.15) is 22.5 Å². The molecule has 0 spiro atoms. The number of carbonyl (C=O) groups excluding carboxylic acids is 2. The zero-order chi connectivity index (χ0) is 19.1. The van der Waals surface area contributed by atoms with Crippen molar-refractivity contribution in [2.75, 3.05) is 23.7 Å². The van der Waals surface area contributed by atoms with Crippen molar-refractivity contribution in [1.29, 1.82) is 0 Å². The number of hydrogen-bond acceptors (Lipinski definition) is 8. The normalized spacial score (nSPS) is 15.3. The quantitative estimate of drug-likeness (QED) is 0.611. The molecule has 0 bridgehead atoms. The largest absolute Gasteiger partial charge is 0.472 e. The third-order valence-corrected chi connectivity index (χ3v) is 5.89. The zero-order valence-electron chi connectivity index (χ0n) is 14.3. The maximum Gasteiger partial charge on any atom is 0.260 e. The molecule has 0 aromatic carbocycles. The third-order valence-electron chi connectivity index (χ3n) is 4.78. The number of thiophene rings is 1. The Morgan fingerprint density at radius 2 is 1.96 bits per heavy atom. The first-order valence-corrected chi connectivity index (χ1v) is 9.24. The lowest BCUT2D eigenvalue weighted by molar-refractivity contribution is -0.122. The molecule has 0 unspecified atom stereocenters. The summed E-state index contributed by atoms with van der Waals surface area (Å²) in [5.74, 6) is -0.490. The number of furan rings is 1. The van der Waals surface area contributed by atoms with E-state index in [0.29, 0.717) is 47.8 Å². The third kappa shape index (κ3) is 2.97. The van der Waals surface area contributed by atoms with Crippen LogP contribution in [0.2, 0.25) is 0 Å². The molecule has 6 N–H and O–H groups in total. The van der Waals surface area contributed by atoms with Gasteiger partial charge in [0, 0.05) is 24.6 Å². The number of piperidine rings is 1. The van der Waals surface area contributed by atoms with Crippen LogP contribution in [-0.4, -0.2) is 34.9 Å². The fourth-order valence-electron chi connectivity index (χ4n) is 3.31. The fraction of sp³-hybridized carbons (Fsp3) is 0.294. The zero-order valence-corrected chi connectivity index (χ0v) is 15.2. The Hall–Kier alpha value is -3.14. The first-order chi connectivity index (χ1) is 13.0. The van der Waals surface area contributed by atoms with Crippen LogP contribution in [0.15, 0.2) is 23.0 Å². The first-order valence-electron chi connectivity index (χ1n) is 8.42. The summed E-state index contributed by atoms with van der Waals surface area (Å²) in [5.41, 5.74) is 18.6. The van der Waals surface area contributed by atoms with Crippen LogP contribution in [0.3, 0.4) is 0 Å². The number of anilines is 2. The summed E-state index contributed by atoms with van der Waals surface area (Å²) in [6.45, 7) is 1.24. The van der Waals surface area contributed by atoms with Gasteiger partial charge in [-0.2, -0.15) is 0 Å². The standard InChI is InChI=1S/C17H18N6O3S/c18-11-10-12(9-3-6-26-7-9)21-17(22-16(10)27-13(11)15(20)25)23-4-1-8(2-5-23)14(19)24/h3,6-8H,1-2,4-5,18H2,(H2,19,24)(H2,20,25). The molecular weight excluding hydrogens is 368 g/mol. The lowest BCUT2D eigenvalue weighted by Gasteiger charge is -2.30. The van der Waals surface area contributed by atoms with Gasteiger partial charge in [0.1, 0.15) is 9.71 Å². The van der Waals surface area contributed by atoms with E-state index in [0.717, 1.165) is 16.9 Å². The molecule has 0 radical (unpaired) electrons. The smallest absolute Gasteiger partial charge is 0.260 e. The highest BCUT2D eigenvalue weighted by atomic mass is 32.1. The molecule has 9 nitrogen and oxygen atoms in total. The highest BCUT2D eigenvalue weighted by Crippen LogP contribution is 2.39. The van der Waals surface area contributed by atoms with Gasteiger partial charge in [0.2, 0.25) is 11.9 Å². The van der Waals surface area contributed by atoms with Gasteiger partial charge in [-0.25, -0.2) is 9.97 Å². The summed E-state index contributed by atoms with van der Waals surface area (Å²) < 4.78 is 5.18. The molecule has 1 aliphatic heterocycles. The summed E-state index contributed by atoms with van der Waals surface area (Å²) in [5, 5.41) is 0.589. The van der Waals surface area contributed by atoms with Gasteiger partial charge in [-0.1, -0.05) is 0 Å². The predicted octanol–water partition coefficient (Wildman–Crippen LogP) is 1.33. The number of aromatic nitrogens is 2. The summed E-state index contributed by atoms with van der Waals surface area (Å²) in [6, 6.07) is 1.77. The van der Waals surface area contributed by atoms with E-state index in [-0.39, 0.29) is 22.4 Å². The van der Waals surface area contributed by atoms with Crippen molar-refractivity contribution in [1.82, 2.24) is 9.97 Å². The van der Waals surface area contributed by atoms with Gasteiger partial charge in [-0.3, -0.25) is 9.59 Å². The first kappa shape index (κ1) is 17.3. The predicted molar refractivity (Wildman–Crippen MR) is 102 cm³/mol. The summed E-state index contributed by atoms with van der Waals surface area (Å²) >= 11 is 1.14. The van der Waals surface area contributed by atoms with Crippen molar-refractivity contribution >= 4 is 45.0 Å². The second-order valence-corrected chi connectivity index (χ2v) is 7.44. The summed E-state index contributed by atoms with van der Waals surface area (Å²) in [4.78, 5) is 35.2. The van der Waals surface area contributed by atoms with Crippen molar-refractivity contribution in [3.63, 3.8) is 0 Å². The molecule has 10 heteroatoms. The average Bonchev–Trinajstić information content (AvgIpc) is 3.29. The molecule has 2 amide bonds. The van der Waals surface area contributed by atoms with Gasteiger partial charge in [-0.05, 0) is 18.9 Å². The lowest BCUT2D eigenvalue weighted by Crippen LogP contribution is -2.39. The number of carbonyl (C=O) groups is 2. The van der Waals surface area contributed by atoms with Gasteiger partial charge < -0.3 is 26.5 Å². The van der Waals surface area contributed by atoms with Crippen molar-refractivity contribution in [3.8, 4) is 11.3 Å². The van der Waals surface area contributed by atoms with Crippen LogP contribution in [-0.2, 0) is 4.79 Å². The highest BCUT2D eigenvalue weighted by molar-refractivity contribution is 7.21. The number of nitrogen functional groups attached to an aromatic ring is 1. The molecule has 0 aliphatic carbocycles. The fourth-order valence-corrected chi connectivity index (χ4v) is 4.25. The molecule has 1 saturated heterocycles. The Balaban J connectivity index is 1.81. The lowest BCUT2D eigenvalue weighted by atomic mass is 9.96. The minimum Gasteiger partial charge on any atom is -0.472 e. The van der Waals surface area contributed by atoms with E-state index in [1.165, 1.54) is 0 Å². The number of nitrogens with two attached hydrogens (primary N) is 3. The molecule has 0 atom stereocenters. The van der Waals surface area contributed by atoms with Crippen molar-refractivity contribution < 1.29 is 14.0 Å². The molecule has 4 rings (SSSR count). The van der Waals surface area contributed by atoms with Gasteiger partial charge in [-0.15, -0.1) is 11.3 Å². The molecule has 140 valence electrons. The highest BCUT2D eigenvalue weighted by Gasteiger charge is 2.27. The molecule has 0 saturated carbocycles. The van der Waals surface area contributed by atoms with E-state index in [2.05, 4.69) is 9.97 Å². The molecule has 4 heterocycles. The van der Waals surface area contributed by atoms with Gasteiger partial charge in [0.15, 0.2) is 0 Å². The maximum absolute atomic E-state index is 11.7. The number of fused-ring (bicyclic) bond motifs is 1. The van der Waals surface area contributed by atoms with Crippen LogP contribution in [0, 0.1) is 5.92 Å². The second-order valence-electron chi connectivity index (χ2n) is 6.44. The molecule has 3 aromatic rings. The maximum atomic E-state index is 11.7. The monoisotopic (exact) mass is 386 g/mol.